The second kappa shape index (κ2) is 5.65. The van der Waals surface area contributed by atoms with Gasteiger partial charge >= 0.3 is 0 Å². The lowest BCUT2D eigenvalue weighted by molar-refractivity contribution is -0.124. The first kappa shape index (κ1) is 13.3. The fourth-order valence-corrected chi connectivity index (χ4v) is 2.31. The van der Waals surface area contributed by atoms with Crippen LogP contribution in [-0.4, -0.2) is 36.5 Å². The summed E-state index contributed by atoms with van der Waals surface area (Å²) in [7, 11) is 0. The molecular formula is C12H15ClFN3O. The Morgan fingerprint density at radius 1 is 1.61 bits per heavy atom. The van der Waals surface area contributed by atoms with Gasteiger partial charge in [-0.15, -0.1) is 0 Å². The van der Waals surface area contributed by atoms with Gasteiger partial charge in [-0.05, 0) is 17.7 Å². The number of hydrogen-bond acceptors (Lipinski definition) is 3. The van der Waals surface area contributed by atoms with Crippen molar-refractivity contribution in [1.82, 2.24) is 10.2 Å². The molecule has 6 heteroatoms. The number of nitrogens with one attached hydrogen (secondary N) is 1. The second-order valence-corrected chi connectivity index (χ2v) is 4.74. The molecule has 0 saturated carbocycles. The van der Waals surface area contributed by atoms with Crippen molar-refractivity contribution in [3.63, 3.8) is 0 Å². The number of rotatable bonds is 3. The van der Waals surface area contributed by atoms with E-state index in [1.807, 2.05) is 4.90 Å². The molecule has 1 fully saturated rings. The van der Waals surface area contributed by atoms with Gasteiger partial charge in [0.2, 0.25) is 5.91 Å². The Kier molecular flexibility index (Phi) is 4.16. The van der Waals surface area contributed by atoms with E-state index in [4.69, 9.17) is 17.3 Å². The summed E-state index contributed by atoms with van der Waals surface area (Å²) in [6.45, 7) is 2.53. The molecule has 1 saturated heterocycles. The van der Waals surface area contributed by atoms with Gasteiger partial charge in [-0.3, -0.25) is 9.69 Å². The fraction of sp³-hybridized carbons (Fsp3) is 0.417. The summed E-state index contributed by atoms with van der Waals surface area (Å²) in [6.07, 6.45) is 0. The van der Waals surface area contributed by atoms with E-state index in [2.05, 4.69) is 5.32 Å². The van der Waals surface area contributed by atoms with Crippen LogP contribution in [0.25, 0.3) is 0 Å². The van der Waals surface area contributed by atoms with Crippen molar-refractivity contribution in [3.05, 3.63) is 34.6 Å². The monoisotopic (exact) mass is 271 g/mol. The van der Waals surface area contributed by atoms with E-state index in [0.717, 1.165) is 12.1 Å². The van der Waals surface area contributed by atoms with Crippen LogP contribution in [0.5, 0.6) is 0 Å². The predicted octanol–water partition coefficient (Wildman–Crippen LogP) is 0.738. The molecule has 1 aromatic rings. The molecular weight excluding hydrogens is 257 g/mol. The quantitative estimate of drug-likeness (QED) is 0.853. The number of halogens is 2. The first-order chi connectivity index (χ1) is 8.58. The average molecular weight is 272 g/mol. The number of amides is 1. The number of carbonyl (C=O) groups is 1. The zero-order valence-electron chi connectivity index (χ0n) is 9.83. The van der Waals surface area contributed by atoms with E-state index < -0.39 is 0 Å². The molecule has 3 N–H and O–H groups in total. The fourth-order valence-electron chi connectivity index (χ4n) is 2.08. The van der Waals surface area contributed by atoms with Crippen molar-refractivity contribution in [1.29, 1.82) is 0 Å². The Hall–Kier alpha value is -1.17. The lowest BCUT2D eigenvalue weighted by Gasteiger charge is -2.34. The summed E-state index contributed by atoms with van der Waals surface area (Å²) < 4.78 is 12.9. The van der Waals surface area contributed by atoms with Gasteiger partial charge in [-0.1, -0.05) is 17.7 Å². The average Bonchev–Trinajstić information content (AvgIpc) is 2.33. The van der Waals surface area contributed by atoms with Crippen LogP contribution in [0.2, 0.25) is 5.02 Å². The molecule has 1 unspecified atom stereocenters. The molecule has 1 aliphatic heterocycles. The topological polar surface area (TPSA) is 58.4 Å². The third-order valence-corrected chi connectivity index (χ3v) is 3.42. The van der Waals surface area contributed by atoms with Gasteiger partial charge in [0.15, 0.2) is 0 Å². The van der Waals surface area contributed by atoms with E-state index in [-0.39, 0.29) is 17.8 Å². The standard InChI is InChI=1S/C12H15ClFN3O/c13-10-5-9(14)2-1-8(10)7-17-4-3-16-6-11(17)12(15)18/h1-2,5,11,16H,3-4,6-7H2,(H2,15,18). The number of primary amides is 1. The van der Waals surface area contributed by atoms with Gasteiger partial charge in [0, 0.05) is 31.2 Å². The lowest BCUT2D eigenvalue weighted by atomic mass is 10.1. The zero-order valence-corrected chi connectivity index (χ0v) is 10.6. The molecule has 1 atom stereocenters. The van der Waals surface area contributed by atoms with E-state index in [0.29, 0.717) is 24.7 Å². The van der Waals surface area contributed by atoms with Crippen molar-refractivity contribution < 1.29 is 9.18 Å². The summed E-state index contributed by atoms with van der Waals surface area (Å²) in [4.78, 5) is 13.3. The van der Waals surface area contributed by atoms with Gasteiger partial charge in [-0.2, -0.15) is 0 Å². The summed E-state index contributed by atoms with van der Waals surface area (Å²) in [5.41, 5.74) is 6.16. The molecule has 1 aromatic carbocycles. The summed E-state index contributed by atoms with van der Waals surface area (Å²) in [6, 6.07) is 3.93. The highest BCUT2D eigenvalue weighted by Gasteiger charge is 2.27. The van der Waals surface area contributed by atoms with Gasteiger partial charge in [-0.25, -0.2) is 4.39 Å². The third kappa shape index (κ3) is 2.98. The molecule has 0 radical (unpaired) electrons. The third-order valence-electron chi connectivity index (χ3n) is 3.07. The number of hydrogen-bond donors (Lipinski definition) is 2. The molecule has 0 aromatic heterocycles. The van der Waals surface area contributed by atoms with Gasteiger partial charge in [0.05, 0.1) is 0 Å². The van der Waals surface area contributed by atoms with Crippen LogP contribution in [0.4, 0.5) is 4.39 Å². The Labute approximate surface area is 110 Å². The summed E-state index contributed by atoms with van der Waals surface area (Å²) >= 11 is 5.98. The van der Waals surface area contributed by atoms with Gasteiger partial charge in [0.1, 0.15) is 11.9 Å². The zero-order chi connectivity index (χ0) is 13.1. The Balaban J connectivity index is 2.13. The maximum Gasteiger partial charge on any atom is 0.236 e. The number of nitrogens with two attached hydrogens (primary N) is 1. The van der Waals surface area contributed by atoms with Crippen molar-refractivity contribution in [2.75, 3.05) is 19.6 Å². The highest BCUT2D eigenvalue weighted by Crippen LogP contribution is 2.20. The van der Waals surface area contributed by atoms with Crippen LogP contribution in [0.3, 0.4) is 0 Å². The SMILES string of the molecule is NC(=O)C1CNCCN1Cc1ccc(F)cc1Cl. The number of nitrogens with zero attached hydrogens (tertiary/aromatic N) is 1. The Bertz CT molecular complexity index is 455. The maximum atomic E-state index is 12.9. The van der Waals surface area contributed by atoms with Crippen molar-refractivity contribution in [3.8, 4) is 0 Å². The van der Waals surface area contributed by atoms with Crippen molar-refractivity contribution in [2.24, 2.45) is 5.73 Å². The smallest absolute Gasteiger partial charge is 0.236 e. The molecule has 4 nitrogen and oxygen atoms in total. The highest BCUT2D eigenvalue weighted by molar-refractivity contribution is 6.31. The number of piperazine rings is 1. The number of carbonyl (C=O) groups excluding carboxylic acids is 1. The molecule has 1 heterocycles. The van der Waals surface area contributed by atoms with Crippen LogP contribution in [0, 0.1) is 5.82 Å². The van der Waals surface area contributed by atoms with E-state index in [9.17, 15) is 9.18 Å². The molecule has 18 heavy (non-hydrogen) atoms. The van der Waals surface area contributed by atoms with E-state index in [1.165, 1.54) is 12.1 Å². The van der Waals surface area contributed by atoms with Crippen LogP contribution in [-0.2, 0) is 11.3 Å². The van der Waals surface area contributed by atoms with Crippen LogP contribution >= 0.6 is 11.6 Å². The molecule has 2 rings (SSSR count). The van der Waals surface area contributed by atoms with E-state index in [1.54, 1.807) is 6.07 Å². The summed E-state index contributed by atoms with van der Waals surface area (Å²) in [5, 5.41) is 3.49. The Morgan fingerprint density at radius 3 is 3.06 bits per heavy atom. The van der Waals surface area contributed by atoms with Gasteiger partial charge < -0.3 is 11.1 Å². The first-order valence-electron chi connectivity index (χ1n) is 5.76. The minimum absolute atomic E-state index is 0.347. The highest BCUT2D eigenvalue weighted by atomic mass is 35.5. The Morgan fingerprint density at radius 2 is 2.39 bits per heavy atom. The minimum Gasteiger partial charge on any atom is -0.368 e. The normalized spacial score (nSPS) is 20.9. The molecule has 0 bridgehead atoms. The molecule has 1 aliphatic rings. The van der Waals surface area contributed by atoms with Crippen LogP contribution < -0.4 is 11.1 Å². The first-order valence-corrected chi connectivity index (χ1v) is 6.14. The molecule has 0 spiro atoms. The minimum atomic E-state index is -0.365. The maximum absolute atomic E-state index is 12.9. The lowest BCUT2D eigenvalue weighted by Crippen LogP contribution is -2.56. The number of benzene rings is 1. The van der Waals surface area contributed by atoms with Crippen molar-refractivity contribution >= 4 is 17.5 Å². The molecule has 1 amide bonds. The van der Waals surface area contributed by atoms with Crippen molar-refractivity contribution in [2.45, 2.75) is 12.6 Å². The predicted molar refractivity (Wildman–Crippen MR) is 67.7 cm³/mol. The van der Waals surface area contributed by atoms with E-state index >= 15 is 0 Å². The largest absolute Gasteiger partial charge is 0.368 e. The van der Waals surface area contributed by atoms with Gasteiger partial charge in [0.25, 0.3) is 0 Å². The molecule has 0 aliphatic carbocycles. The second-order valence-electron chi connectivity index (χ2n) is 4.33. The molecule has 98 valence electrons. The van der Waals surface area contributed by atoms with Crippen LogP contribution in [0.15, 0.2) is 18.2 Å². The van der Waals surface area contributed by atoms with Crippen LogP contribution in [0.1, 0.15) is 5.56 Å². The summed E-state index contributed by atoms with van der Waals surface area (Å²) in [5.74, 6) is -0.726.